The Morgan fingerprint density at radius 1 is 1.24 bits per heavy atom. The fraction of sp³-hybridized carbons (Fsp3) is 0.167. The smallest absolute Gasteiger partial charge is 0.216 e. The summed E-state index contributed by atoms with van der Waals surface area (Å²) < 4.78 is 2.06. The molecule has 1 aromatic carbocycles. The first-order chi connectivity index (χ1) is 8.16. The van der Waals surface area contributed by atoms with Crippen molar-refractivity contribution in [3.63, 3.8) is 0 Å². The van der Waals surface area contributed by atoms with Gasteiger partial charge in [-0.1, -0.05) is 6.07 Å². The molecule has 0 saturated heterocycles. The van der Waals surface area contributed by atoms with Crippen molar-refractivity contribution in [1.82, 2.24) is 14.6 Å². The Balaban J connectivity index is 2.33. The molecule has 0 saturated carbocycles. The van der Waals surface area contributed by atoms with Crippen molar-refractivity contribution in [2.45, 2.75) is 13.8 Å². The van der Waals surface area contributed by atoms with Gasteiger partial charge < -0.3 is 5.73 Å². The lowest BCUT2D eigenvalue weighted by Crippen LogP contribution is -1.94. The van der Waals surface area contributed by atoms with Crippen LogP contribution in [0.25, 0.3) is 16.3 Å². The molecular weight excluding hydrogens is 232 g/mol. The van der Waals surface area contributed by atoms with E-state index in [1.807, 2.05) is 18.2 Å². The van der Waals surface area contributed by atoms with E-state index in [0.717, 1.165) is 33.3 Å². The normalized spacial score (nSPS) is 11.2. The predicted molar refractivity (Wildman–Crippen MR) is 70.2 cm³/mol. The number of hydrogen-bond donors (Lipinski definition) is 1. The number of nitrogens with zero attached hydrogens (tertiary/aromatic N) is 3. The number of aryl methyl sites for hydroxylation is 2. The number of anilines is 1. The number of thiazole rings is 1. The Morgan fingerprint density at radius 3 is 2.88 bits per heavy atom. The highest BCUT2D eigenvalue weighted by molar-refractivity contribution is 7.15. The van der Waals surface area contributed by atoms with Gasteiger partial charge in [-0.2, -0.15) is 0 Å². The van der Waals surface area contributed by atoms with E-state index in [2.05, 4.69) is 33.8 Å². The summed E-state index contributed by atoms with van der Waals surface area (Å²) in [4.78, 5) is 0.916. The summed E-state index contributed by atoms with van der Waals surface area (Å²) in [5, 5.41) is 10.5. The van der Waals surface area contributed by atoms with Gasteiger partial charge in [0.25, 0.3) is 0 Å². The van der Waals surface area contributed by atoms with Crippen LogP contribution in [0.3, 0.4) is 0 Å². The SMILES string of the molecule is Cc1ccc(N)cc1-c1nnc2scc(C)n12. The molecule has 0 aliphatic carbocycles. The van der Waals surface area contributed by atoms with Crippen molar-refractivity contribution in [1.29, 1.82) is 0 Å². The van der Waals surface area contributed by atoms with Gasteiger partial charge in [0.1, 0.15) is 0 Å². The molecule has 4 nitrogen and oxygen atoms in total. The largest absolute Gasteiger partial charge is 0.399 e. The van der Waals surface area contributed by atoms with Crippen LogP contribution in [0.1, 0.15) is 11.3 Å². The zero-order valence-electron chi connectivity index (χ0n) is 9.64. The van der Waals surface area contributed by atoms with Crippen molar-refractivity contribution < 1.29 is 0 Å². The van der Waals surface area contributed by atoms with E-state index in [9.17, 15) is 0 Å². The maximum Gasteiger partial charge on any atom is 0.216 e. The molecule has 3 rings (SSSR count). The Kier molecular flexibility index (Phi) is 2.16. The highest BCUT2D eigenvalue weighted by atomic mass is 32.1. The zero-order valence-corrected chi connectivity index (χ0v) is 10.5. The van der Waals surface area contributed by atoms with Gasteiger partial charge in [-0.3, -0.25) is 4.40 Å². The van der Waals surface area contributed by atoms with E-state index in [0.29, 0.717) is 0 Å². The van der Waals surface area contributed by atoms with Crippen LogP contribution in [0.2, 0.25) is 0 Å². The first-order valence-corrected chi connectivity index (χ1v) is 6.20. The topological polar surface area (TPSA) is 56.2 Å². The number of fused-ring (bicyclic) bond motifs is 1. The highest BCUT2D eigenvalue weighted by Crippen LogP contribution is 2.27. The Morgan fingerprint density at radius 2 is 2.06 bits per heavy atom. The van der Waals surface area contributed by atoms with Gasteiger partial charge in [0.15, 0.2) is 5.82 Å². The first kappa shape index (κ1) is 10.3. The zero-order chi connectivity index (χ0) is 12.0. The van der Waals surface area contributed by atoms with Crippen molar-refractivity contribution in [2.75, 3.05) is 5.73 Å². The molecule has 2 aromatic heterocycles. The van der Waals surface area contributed by atoms with Crippen LogP contribution in [0, 0.1) is 13.8 Å². The summed E-state index contributed by atoms with van der Waals surface area (Å²) in [6.07, 6.45) is 0. The van der Waals surface area contributed by atoms with Crippen molar-refractivity contribution in [3.8, 4) is 11.4 Å². The van der Waals surface area contributed by atoms with E-state index in [1.165, 1.54) is 0 Å². The molecule has 86 valence electrons. The van der Waals surface area contributed by atoms with Gasteiger partial charge in [-0.15, -0.1) is 21.5 Å². The predicted octanol–water partition coefficient (Wildman–Crippen LogP) is 2.66. The highest BCUT2D eigenvalue weighted by Gasteiger charge is 2.13. The molecule has 0 aliphatic heterocycles. The summed E-state index contributed by atoms with van der Waals surface area (Å²) in [6, 6.07) is 5.86. The Labute approximate surface area is 103 Å². The summed E-state index contributed by atoms with van der Waals surface area (Å²) in [6.45, 7) is 4.11. The van der Waals surface area contributed by atoms with Gasteiger partial charge >= 0.3 is 0 Å². The number of benzene rings is 1. The second kappa shape index (κ2) is 3.56. The molecule has 0 bridgehead atoms. The number of rotatable bonds is 1. The number of hydrogen-bond acceptors (Lipinski definition) is 4. The molecule has 0 spiro atoms. The third-order valence-corrected chi connectivity index (χ3v) is 3.76. The van der Waals surface area contributed by atoms with Gasteiger partial charge in [0, 0.05) is 22.3 Å². The Hall–Kier alpha value is -1.88. The molecular formula is C12H12N4S. The van der Waals surface area contributed by atoms with E-state index in [-0.39, 0.29) is 0 Å². The summed E-state index contributed by atoms with van der Waals surface area (Å²) in [5.41, 5.74) is 9.92. The maximum atomic E-state index is 5.84. The molecule has 0 aliphatic rings. The third kappa shape index (κ3) is 1.51. The average molecular weight is 244 g/mol. The van der Waals surface area contributed by atoms with Crippen LogP contribution in [-0.4, -0.2) is 14.6 Å². The molecule has 3 aromatic rings. The first-order valence-electron chi connectivity index (χ1n) is 5.32. The van der Waals surface area contributed by atoms with E-state index >= 15 is 0 Å². The second-order valence-electron chi connectivity index (χ2n) is 4.09. The van der Waals surface area contributed by atoms with Crippen molar-refractivity contribution in [2.24, 2.45) is 0 Å². The van der Waals surface area contributed by atoms with E-state index in [1.54, 1.807) is 11.3 Å². The van der Waals surface area contributed by atoms with Gasteiger partial charge in [-0.25, -0.2) is 0 Å². The quantitative estimate of drug-likeness (QED) is 0.669. The molecule has 0 unspecified atom stereocenters. The molecule has 2 N–H and O–H groups in total. The average Bonchev–Trinajstić information content (AvgIpc) is 2.86. The number of nitrogens with two attached hydrogens (primary N) is 1. The lowest BCUT2D eigenvalue weighted by molar-refractivity contribution is 1.08. The van der Waals surface area contributed by atoms with Gasteiger partial charge in [-0.05, 0) is 31.5 Å². The minimum atomic E-state index is 0.746. The van der Waals surface area contributed by atoms with E-state index in [4.69, 9.17) is 5.73 Å². The summed E-state index contributed by atoms with van der Waals surface area (Å²) in [7, 11) is 0. The monoisotopic (exact) mass is 244 g/mol. The van der Waals surface area contributed by atoms with Crippen LogP contribution in [0.4, 0.5) is 5.69 Å². The lowest BCUT2D eigenvalue weighted by atomic mass is 10.1. The Bertz CT molecular complexity index is 696. The standard InChI is InChI=1S/C12H12N4S/c1-7-3-4-9(13)5-10(7)11-14-15-12-16(11)8(2)6-17-12/h3-6H,13H2,1-2H3. The molecule has 5 heteroatoms. The fourth-order valence-corrected chi connectivity index (χ4v) is 2.72. The molecule has 0 amide bonds. The summed E-state index contributed by atoms with van der Waals surface area (Å²) in [5.74, 6) is 0.864. The molecule has 17 heavy (non-hydrogen) atoms. The summed E-state index contributed by atoms with van der Waals surface area (Å²) >= 11 is 1.60. The second-order valence-corrected chi connectivity index (χ2v) is 4.93. The van der Waals surface area contributed by atoms with E-state index < -0.39 is 0 Å². The van der Waals surface area contributed by atoms with Crippen LogP contribution in [0.5, 0.6) is 0 Å². The third-order valence-electron chi connectivity index (χ3n) is 2.82. The minimum absolute atomic E-state index is 0.746. The maximum absolute atomic E-state index is 5.84. The van der Waals surface area contributed by atoms with Crippen LogP contribution >= 0.6 is 11.3 Å². The fourth-order valence-electron chi connectivity index (χ4n) is 1.91. The number of aromatic nitrogens is 3. The van der Waals surface area contributed by atoms with Crippen LogP contribution in [-0.2, 0) is 0 Å². The molecule has 0 fully saturated rings. The van der Waals surface area contributed by atoms with Crippen molar-refractivity contribution >= 4 is 22.0 Å². The lowest BCUT2D eigenvalue weighted by Gasteiger charge is -2.05. The molecule has 0 radical (unpaired) electrons. The molecule has 0 atom stereocenters. The van der Waals surface area contributed by atoms with Crippen LogP contribution < -0.4 is 5.73 Å². The van der Waals surface area contributed by atoms with Gasteiger partial charge in [0.05, 0.1) is 0 Å². The minimum Gasteiger partial charge on any atom is -0.399 e. The molecule has 2 heterocycles. The number of nitrogen functional groups attached to an aromatic ring is 1. The van der Waals surface area contributed by atoms with Crippen molar-refractivity contribution in [3.05, 3.63) is 34.8 Å². The van der Waals surface area contributed by atoms with Gasteiger partial charge in [0.2, 0.25) is 4.96 Å². The van der Waals surface area contributed by atoms with Crippen LogP contribution in [0.15, 0.2) is 23.6 Å².